The molecule has 0 aliphatic carbocycles. The van der Waals surface area contributed by atoms with Crippen LogP contribution in [0.5, 0.6) is 0 Å². The number of hydrogen-bond acceptors (Lipinski definition) is 4. The van der Waals surface area contributed by atoms with Crippen LogP contribution in [0.15, 0.2) is 12.1 Å². The van der Waals surface area contributed by atoms with Crippen molar-refractivity contribution in [1.29, 1.82) is 0 Å². The molecule has 0 fully saturated rings. The summed E-state index contributed by atoms with van der Waals surface area (Å²) in [4.78, 5) is 11.7. The van der Waals surface area contributed by atoms with Gasteiger partial charge in [-0.05, 0) is 18.6 Å². The van der Waals surface area contributed by atoms with E-state index in [4.69, 9.17) is 26.8 Å². The third-order valence-corrected chi connectivity index (χ3v) is 2.60. The zero-order valence-electron chi connectivity index (χ0n) is 9.96. The van der Waals surface area contributed by atoms with Gasteiger partial charge in [0.05, 0.1) is 24.5 Å². The number of methoxy groups -OCH3 is 1. The van der Waals surface area contributed by atoms with Gasteiger partial charge >= 0.3 is 5.97 Å². The van der Waals surface area contributed by atoms with Gasteiger partial charge in [0.15, 0.2) is 0 Å². The maximum atomic E-state index is 11.7. The summed E-state index contributed by atoms with van der Waals surface area (Å²) in [5.74, 6) is -0.432. The number of carbonyl (C=O) groups excluding carboxylic acids is 1. The molecule has 0 unspecified atom stereocenters. The van der Waals surface area contributed by atoms with Crippen LogP contribution in [-0.2, 0) is 16.1 Å². The van der Waals surface area contributed by atoms with Gasteiger partial charge in [0, 0.05) is 17.7 Å². The number of carbonyl (C=O) groups is 1. The van der Waals surface area contributed by atoms with Crippen molar-refractivity contribution in [1.82, 2.24) is 0 Å². The number of nitrogens with two attached hydrogens (primary N) is 1. The molecule has 1 aromatic rings. The summed E-state index contributed by atoms with van der Waals surface area (Å²) in [5.41, 5.74) is 7.14. The normalized spacial score (nSPS) is 10.3. The second-order valence-corrected chi connectivity index (χ2v) is 3.96. The van der Waals surface area contributed by atoms with E-state index in [1.165, 1.54) is 7.11 Å². The topological polar surface area (TPSA) is 61.5 Å². The second kappa shape index (κ2) is 6.47. The number of esters is 1. The predicted molar refractivity (Wildman–Crippen MR) is 67.2 cm³/mol. The molecule has 0 atom stereocenters. The predicted octanol–water partition coefficient (Wildman–Crippen LogP) is 2.64. The molecule has 0 saturated heterocycles. The molecule has 0 aliphatic heterocycles. The van der Waals surface area contributed by atoms with Crippen LogP contribution in [0.3, 0.4) is 0 Å². The van der Waals surface area contributed by atoms with Crippen LogP contribution in [0.1, 0.15) is 29.3 Å². The Morgan fingerprint density at radius 3 is 2.76 bits per heavy atom. The average molecular weight is 258 g/mol. The molecule has 0 heterocycles. The first kappa shape index (κ1) is 13.8. The Morgan fingerprint density at radius 2 is 2.18 bits per heavy atom. The summed E-state index contributed by atoms with van der Waals surface area (Å²) in [7, 11) is 1.54. The maximum absolute atomic E-state index is 11.7. The molecule has 0 aliphatic rings. The van der Waals surface area contributed by atoms with Crippen molar-refractivity contribution in [3.8, 4) is 0 Å². The molecule has 2 N–H and O–H groups in total. The molecule has 0 spiro atoms. The van der Waals surface area contributed by atoms with Crippen molar-refractivity contribution >= 4 is 23.3 Å². The smallest absolute Gasteiger partial charge is 0.340 e. The lowest BCUT2D eigenvalue weighted by atomic mass is 10.1. The highest BCUT2D eigenvalue weighted by Crippen LogP contribution is 2.27. The average Bonchev–Trinajstić information content (AvgIpc) is 2.31. The largest absolute Gasteiger partial charge is 0.462 e. The number of ether oxygens (including phenoxy) is 2. The summed E-state index contributed by atoms with van der Waals surface area (Å²) in [6.07, 6.45) is 0.768. The zero-order chi connectivity index (χ0) is 12.8. The summed E-state index contributed by atoms with van der Waals surface area (Å²) in [6, 6.07) is 3.18. The highest BCUT2D eigenvalue weighted by atomic mass is 35.5. The molecule has 94 valence electrons. The van der Waals surface area contributed by atoms with Crippen LogP contribution in [-0.4, -0.2) is 19.7 Å². The Labute approximate surface area is 106 Å². The molecule has 0 aromatic heterocycles. The van der Waals surface area contributed by atoms with Gasteiger partial charge in [-0.15, -0.1) is 0 Å². The first-order chi connectivity index (χ1) is 8.11. The number of benzene rings is 1. The molecule has 1 aromatic carbocycles. The van der Waals surface area contributed by atoms with Crippen LogP contribution in [0.25, 0.3) is 0 Å². The lowest BCUT2D eigenvalue weighted by molar-refractivity contribution is 0.0506. The van der Waals surface area contributed by atoms with E-state index in [9.17, 15) is 4.79 Å². The van der Waals surface area contributed by atoms with Crippen molar-refractivity contribution in [3.63, 3.8) is 0 Å². The monoisotopic (exact) mass is 257 g/mol. The SMILES string of the molecule is CCCOC(=O)c1ccc(Cl)c(COC)c1N. The molecular formula is C12H16ClNO3. The van der Waals surface area contributed by atoms with E-state index in [0.717, 1.165) is 6.42 Å². The fourth-order valence-corrected chi connectivity index (χ4v) is 1.60. The van der Waals surface area contributed by atoms with Crippen LogP contribution >= 0.6 is 11.6 Å². The molecule has 0 amide bonds. The molecule has 17 heavy (non-hydrogen) atoms. The summed E-state index contributed by atoms with van der Waals surface area (Å²) >= 11 is 5.98. The third kappa shape index (κ3) is 3.35. The summed E-state index contributed by atoms with van der Waals surface area (Å²) in [5, 5.41) is 0.483. The fraction of sp³-hybridized carbons (Fsp3) is 0.417. The minimum atomic E-state index is -0.432. The molecule has 0 saturated carbocycles. The van der Waals surface area contributed by atoms with Gasteiger partial charge in [-0.1, -0.05) is 18.5 Å². The minimum absolute atomic E-state index is 0.263. The van der Waals surface area contributed by atoms with Crippen LogP contribution in [0.2, 0.25) is 5.02 Å². The summed E-state index contributed by atoms with van der Waals surface area (Å²) < 4.78 is 10.0. The highest BCUT2D eigenvalue weighted by Gasteiger charge is 2.16. The number of anilines is 1. The molecule has 0 bridgehead atoms. The Bertz CT molecular complexity index is 407. The van der Waals surface area contributed by atoms with E-state index >= 15 is 0 Å². The number of rotatable bonds is 5. The second-order valence-electron chi connectivity index (χ2n) is 3.56. The fourth-order valence-electron chi connectivity index (χ4n) is 1.38. The Morgan fingerprint density at radius 1 is 1.47 bits per heavy atom. The van der Waals surface area contributed by atoms with E-state index in [-0.39, 0.29) is 6.61 Å². The van der Waals surface area contributed by atoms with Gasteiger partial charge in [0.2, 0.25) is 0 Å². The summed E-state index contributed by atoms with van der Waals surface area (Å²) in [6.45, 7) is 2.56. The number of hydrogen-bond donors (Lipinski definition) is 1. The van der Waals surface area contributed by atoms with Gasteiger partial charge in [-0.2, -0.15) is 0 Å². The van der Waals surface area contributed by atoms with Gasteiger partial charge < -0.3 is 15.2 Å². The Balaban J connectivity index is 3.01. The van der Waals surface area contributed by atoms with E-state index < -0.39 is 5.97 Å². The van der Waals surface area contributed by atoms with Crippen molar-refractivity contribution < 1.29 is 14.3 Å². The van der Waals surface area contributed by atoms with Crippen molar-refractivity contribution in [2.45, 2.75) is 20.0 Å². The number of halogens is 1. The minimum Gasteiger partial charge on any atom is -0.462 e. The maximum Gasteiger partial charge on any atom is 0.340 e. The third-order valence-electron chi connectivity index (χ3n) is 2.25. The standard InChI is InChI=1S/C12H16ClNO3/c1-3-6-17-12(15)8-4-5-10(13)9(7-16-2)11(8)14/h4-5H,3,6-7,14H2,1-2H3. The lowest BCUT2D eigenvalue weighted by Crippen LogP contribution is -2.11. The van der Waals surface area contributed by atoms with Crippen molar-refractivity contribution in [3.05, 3.63) is 28.3 Å². The van der Waals surface area contributed by atoms with E-state index in [2.05, 4.69) is 0 Å². The van der Waals surface area contributed by atoms with Crippen LogP contribution < -0.4 is 5.73 Å². The first-order valence-electron chi connectivity index (χ1n) is 5.34. The number of nitrogen functional groups attached to an aromatic ring is 1. The quantitative estimate of drug-likeness (QED) is 0.651. The molecule has 5 heteroatoms. The Hall–Kier alpha value is -1.26. The first-order valence-corrected chi connectivity index (χ1v) is 5.72. The Kier molecular flexibility index (Phi) is 5.25. The van der Waals surface area contributed by atoms with Gasteiger partial charge in [-0.25, -0.2) is 4.79 Å². The van der Waals surface area contributed by atoms with Crippen molar-refractivity contribution in [2.75, 3.05) is 19.5 Å². The van der Waals surface area contributed by atoms with Crippen LogP contribution in [0.4, 0.5) is 5.69 Å². The molecular weight excluding hydrogens is 242 g/mol. The van der Waals surface area contributed by atoms with Crippen molar-refractivity contribution in [2.24, 2.45) is 0 Å². The molecule has 0 radical (unpaired) electrons. The molecule has 1 rings (SSSR count). The zero-order valence-corrected chi connectivity index (χ0v) is 10.7. The molecule has 4 nitrogen and oxygen atoms in total. The van der Waals surface area contributed by atoms with E-state index in [0.29, 0.717) is 28.4 Å². The highest BCUT2D eigenvalue weighted by molar-refractivity contribution is 6.32. The van der Waals surface area contributed by atoms with E-state index in [1.54, 1.807) is 12.1 Å². The van der Waals surface area contributed by atoms with Gasteiger partial charge in [0.25, 0.3) is 0 Å². The van der Waals surface area contributed by atoms with Crippen LogP contribution in [0, 0.1) is 0 Å². The lowest BCUT2D eigenvalue weighted by Gasteiger charge is -2.11. The van der Waals surface area contributed by atoms with Gasteiger partial charge in [0.1, 0.15) is 0 Å². The van der Waals surface area contributed by atoms with Gasteiger partial charge in [-0.3, -0.25) is 0 Å². The van der Waals surface area contributed by atoms with E-state index in [1.807, 2.05) is 6.92 Å².